The van der Waals surface area contributed by atoms with Gasteiger partial charge in [-0.3, -0.25) is 4.79 Å². The first-order valence-electron chi connectivity index (χ1n) is 6.44. The number of nitrogens with zero attached hydrogens (tertiary/aromatic N) is 2. The fourth-order valence-corrected chi connectivity index (χ4v) is 3.06. The predicted molar refractivity (Wildman–Crippen MR) is 68.9 cm³/mol. The van der Waals surface area contributed by atoms with Crippen LogP contribution in [-0.2, 0) is 4.79 Å². The number of piperidine rings is 2. The van der Waals surface area contributed by atoms with E-state index in [0.29, 0.717) is 5.75 Å². The van der Waals surface area contributed by atoms with Gasteiger partial charge in [-0.05, 0) is 38.8 Å². The first-order valence-corrected chi connectivity index (χ1v) is 7.07. The third kappa shape index (κ3) is 2.92. The van der Waals surface area contributed by atoms with E-state index in [9.17, 15) is 4.79 Å². The largest absolute Gasteiger partial charge is 0.342 e. The highest BCUT2D eigenvalue weighted by atomic mass is 32.1. The molecule has 2 rings (SSSR count). The Hall–Kier alpha value is -0.220. The van der Waals surface area contributed by atoms with Gasteiger partial charge in [-0.1, -0.05) is 6.42 Å². The van der Waals surface area contributed by atoms with Gasteiger partial charge in [-0.2, -0.15) is 12.6 Å². The van der Waals surface area contributed by atoms with E-state index in [-0.39, 0.29) is 5.91 Å². The molecule has 0 aromatic heterocycles. The Labute approximate surface area is 104 Å². The van der Waals surface area contributed by atoms with Crippen LogP contribution in [0.15, 0.2) is 0 Å². The van der Waals surface area contributed by atoms with Crippen molar-refractivity contribution in [3.63, 3.8) is 0 Å². The van der Waals surface area contributed by atoms with Crippen molar-refractivity contribution in [1.29, 1.82) is 0 Å². The van der Waals surface area contributed by atoms with Gasteiger partial charge in [0.25, 0.3) is 0 Å². The van der Waals surface area contributed by atoms with E-state index < -0.39 is 0 Å². The molecule has 1 amide bonds. The summed E-state index contributed by atoms with van der Waals surface area (Å²) in [6.45, 7) is 4.40. The van der Waals surface area contributed by atoms with Gasteiger partial charge >= 0.3 is 0 Å². The topological polar surface area (TPSA) is 23.6 Å². The SMILES string of the molecule is O=C(CS)N1CCC(N2CCCCC2)CC1. The van der Waals surface area contributed by atoms with Crippen LogP contribution < -0.4 is 0 Å². The van der Waals surface area contributed by atoms with Crippen LogP contribution in [0.4, 0.5) is 0 Å². The second kappa shape index (κ2) is 5.92. The minimum absolute atomic E-state index is 0.195. The molecule has 0 unspecified atom stereocenters. The Morgan fingerprint density at radius 1 is 1.06 bits per heavy atom. The number of thiol groups is 1. The Morgan fingerprint density at radius 2 is 1.69 bits per heavy atom. The van der Waals surface area contributed by atoms with Crippen LogP contribution >= 0.6 is 12.6 Å². The standard InChI is InChI=1S/C12H22N2OS/c15-12(10-16)14-8-4-11(5-9-14)13-6-2-1-3-7-13/h11,16H,1-10H2. The van der Waals surface area contributed by atoms with Crippen molar-refractivity contribution in [2.45, 2.75) is 38.1 Å². The summed E-state index contributed by atoms with van der Waals surface area (Å²) in [6.07, 6.45) is 6.41. The van der Waals surface area contributed by atoms with Gasteiger partial charge in [0.2, 0.25) is 5.91 Å². The van der Waals surface area contributed by atoms with Crippen LogP contribution in [0.2, 0.25) is 0 Å². The Bertz CT molecular complexity index is 233. The summed E-state index contributed by atoms with van der Waals surface area (Å²) in [6, 6.07) is 0.726. The fourth-order valence-electron chi connectivity index (χ4n) is 2.86. The van der Waals surface area contributed by atoms with Crippen LogP contribution in [0, 0.1) is 0 Å². The van der Waals surface area contributed by atoms with E-state index in [2.05, 4.69) is 17.5 Å². The first-order chi connectivity index (χ1) is 7.81. The maximum Gasteiger partial charge on any atom is 0.232 e. The minimum Gasteiger partial charge on any atom is -0.342 e. The normalized spacial score (nSPS) is 24.7. The lowest BCUT2D eigenvalue weighted by atomic mass is 10.00. The monoisotopic (exact) mass is 242 g/mol. The molecule has 3 nitrogen and oxygen atoms in total. The first kappa shape index (κ1) is 12.2. The zero-order chi connectivity index (χ0) is 11.4. The molecule has 0 spiro atoms. The van der Waals surface area contributed by atoms with E-state index in [4.69, 9.17) is 0 Å². The lowest BCUT2D eigenvalue weighted by molar-refractivity contribution is -0.129. The van der Waals surface area contributed by atoms with Crippen molar-refractivity contribution < 1.29 is 4.79 Å². The molecule has 2 aliphatic rings. The molecule has 16 heavy (non-hydrogen) atoms. The molecule has 0 N–H and O–H groups in total. The number of hydrogen-bond acceptors (Lipinski definition) is 3. The second-order valence-corrected chi connectivity index (χ2v) is 5.18. The number of hydrogen-bond donors (Lipinski definition) is 1. The molecule has 0 aromatic rings. The fraction of sp³-hybridized carbons (Fsp3) is 0.917. The lowest BCUT2D eigenvalue weighted by Crippen LogP contribution is -2.48. The molecule has 2 saturated heterocycles. The molecule has 0 aromatic carbocycles. The maximum atomic E-state index is 11.5. The van der Waals surface area contributed by atoms with Crippen molar-refractivity contribution in [1.82, 2.24) is 9.80 Å². The molecule has 0 radical (unpaired) electrons. The predicted octanol–water partition coefficient (Wildman–Crippen LogP) is 1.39. The van der Waals surface area contributed by atoms with Gasteiger partial charge in [0.15, 0.2) is 0 Å². The van der Waals surface area contributed by atoms with Gasteiger partial charge < -0.3 is 9.80 Å². The van der Waals surface area contributed by atoms with Crippen molar-refractivity contribution in [2.75, 3.05) is 31.9 Å². The second-order valence-electron chi connectivity index (χ2n) is 4.87. The summed E-state index contributed by atoms with van der Waals surface area (Å²) in [5.74, 6) is 0.550. The number of amides is 1. The van der Waals surface area contributed by atoms with Crippen LogP contribution in [0.1, 0.15) is 32.1 Å². The third-order valence-electron chi connectivity index (χ3n) is 3.86. The molecule has 2 heterocycles. The van der Waals surface area contributed by atoms with Crippen LogP contribution in [0.25, 0.3) is 0 Å². The minimum atomic E-state index is 0.195. The Balaban J connectivity index is 1.78. The van der Waals surface area contributed by atoms with Crippen LogP contribution in [0.3, 0.4) is 0 Å². The highest BCUT2D eigenvalue weighted by Gasteiger charge is 2.26. The molecule has 92 valence electrons. The molecule has 4 heteroatoms. The highest BCUT2D eigenvalue weighted by Crippen LogP contribution is 2.20. The summed E-state index contributed by atoms with van der Waals surface area (Å²) in [7, 11) is 0. The molecule has 0 atom stereocenters. The summed E-state index contributed by atoms with van der Waals surface area (Å²) >= 11 is 4.05. The van der Waals surface area contributed by atoms with Gasteiger partial charge in [-0.25, -0.2) is 0 Å². The Morgan fingerprint density at radius 3 is 2.25 bits per heavy atom. The molecule has 2 fully saturated rings. The van der Waals surface area contributed by atoms with Crippen LogP contribution in [-0.4, -0.2) is 53.7 Å². The summed E-state index contributed by atoms with van der Waals surface area (Å²) in [5, 5.41) is 0. The van der Waals surface area contributed by atoms with Gasteiger partial charge in [0.05, 0.1) is 5.75 Å². The zero-order valence-electron chi connectivity index (χ0n) is 9.90. The van der Waals surface area contributed by atoms with E-state index in [1.165, 1.54) is 32.4 Å². The van der Waals surface area contributed by atoms with E-state index in [0.717, 1.165) is 32.0 Å². The number of carbonyl (C=O) groups is 1. The summed E-state index contributed by atoms with van der Waals surface area (Å²) in [5.41, 5.74) is 0. The van der Waals surface area contributed by atoms with Gasteiger partial charge in [-0.15, -0.1) is 0 Å². The van der Waals surface area contributed by atoms with Crippen molar-refractivity contribution in [3.05, 3.63) is 0 Å². The molecular formula is C12H22N2OS. The Kier molecular flexibility index (Phi) is 4.53. The van der Waals surface area contributed by atoms with Gasteiger partial charge in [0, 0.05) is 19.1 Å². The number of likely N-dealkylation sites (tertiary alicyclic amines) is 2. The average Bonchev–Trinajstić information content (AvgIpc) is 2.39. The summed E-state index contributed by atoms with van der Waals surface area (Å²) in [4.78, 5) is 16.1. The third-order valence-corrected chi connectivity index (χ3v) is 4.13. The van der Waals surface area contributed by atoms with E-state index in [1.807, 2.05) is 4.90 Å². The quantitative estimate of drug-likeness (QED) is 0.740. The average molecular weight is 242 g/mol. The van der Waals surface area contributed by atoms with E-state index >= 15 is 0 Å². The lowest BCUT2D eigenvalue weighted by Gasteiger charge is -2.40. The maximum absolute atomic E-state index is 11.5. The highest BCUT2D eigenvalue weighted by molar-refractivity contribution is 7.81. The molecule has 2 aliphatic heterocycles. The molecule has 0 saturated carbocycles. The summed E-state index contributed by atoms with van der Waals surface area (Å²) < 4.78 is 0. The number of carbonyl (C=O) groups excluding carboxylic acids is 1. The van der Waals surface area contributed by atoms with Gasteiger partial charge in [0.1, 0.15) is 0 Å². The van der Waals surface area contributed by atoms with Crippen molar-refractivity contribution in [2.24, 2.45) is 0 Å². The molecule has 0 bridgehead atoms. The van der Waals surface area contributed by atoms with Crippen molar-refractivity contribution >= 4 is 18.5 Å². The van der Waals surface area contributed by atoms with Crippen LogP contribution in [0.5, 0.6) is 0 Å². The van der Waals surface area contributed by atoms with E-state index in [1.54, 1.807) is 0 Å². The zero-order valence-corrected chi connectivity index (χ0v) is 10.8. The molecule has 0 aliphatic carbocycles. The smallest absolute Gasteiger partial charge is 0.232 e. The molecular weight excluding hydrogens is 220 g/mol. The number of rotatable bonds is 2. The van der Waals surface area contributed by atoms with Crippen molar-refractivity contribution in [3.8, 4) is 0 Å².